The Morgan fingerprint density at radius 2 is 1.73 bits per heavy atom. The molecule has 0 aromatic heterocycles. The third kappa shape index (κ3) is 5.15. The topological polar surface area (TPSA) is 80.9 Å². The Kier molecular flexibility index (Phi) is 5.41. The Morgan fingerprint density at radius 1 is 1.18 bits per heavy atom. The van der Waals surface area contributed by atoms with Gasteiger partial charge in [-0.1, -0.05) is 6.92 Å². The molecular weight excluding hydrogens is 148 g/mol. The van der Waals surface area contributed by atoms with Crippen molar-refractivity contribution >= 4 is 0 Å². The minimum atomic E-state index is -1.39. The molecule has 0 saturated carbocycles. The van der Waals surface area contributed by atoms with Crippen molar-refractivity contribution in [3.8, 4) is 0 Å². The number of aliphatic hydroxyl groups excluding tert-OH is 3. The average Bonchev–Trinajstić information content (AvgIpc) is 1.87. The molecule has 0 spiro atoms. The molecule has 11 heavy (non-hydrogen) atoms. The zero-order valence-electron chi connectivity index (χ0n) is 6.64. The lowest BCUT2D eigenvalue weighted by atomic mass is 10.0. The van der Waals surface area contributed by atoms with E-state index in [-0.39, 0.29) is 18.9 Å². The van der Waals surface area contributed by atoms with Gasteiger partial charge in [0.2, 0.25) is 0 Å². The van der Waals surface area contributed by atoms with E-state index in [0.717, 1.165) is 0 Å². The third-order valence-corrected chi connectivity index (χ3v) is 1.62. The van der Waals surface area contributed by atoms with Crippen LogP contribution in [0.25, 0.3) is 0 Å². The van der Waals surface area contributed by atoms with Crippen LogP contribution in [0.1, 0.15) is 19.8 Å². The summed E-state index contributed by atoms with van der Waals surface area (Å²) in [6.07, 6.45) is -1.44. The SMILES string of the molecule is CC(CC(O)CCO)C(O)O. The van der Waals surface area contributed by atoms with Crippen LogP contribution in [0.15, 0.2) is 0 Å². The summed E-state index contributed by atoms with van der Waals surface area (Å²) in [5.74, 6) is -0.350. The summed E-state index contributed by atoms with van der Waals surface area (Å²) in [6, 6.07) is 0. The molecule has 0 saturated heterocycles. The summed E-state index contributed by atoms with van der Waals surface area (Å²) >= 11 is 0. The molecule has 2 atom stereocenters. The molecule has 0 heterocycles. The first-order valence-electron chi connectivity index (χ1n) is 3.73. The van der Waals surface area contributed by atoms with Crippen LogP contribution < -0.4 is 0 Å². The normalized spacial score (nSPS) is 16.9. The summed E-state index contributed by atoms with van der Waals surface area (Å²) in [7, 11) is 0. The van der Waals surface area contributed by atoms with Crippen LogP contribution in [-0.2, 0) is 0 Å². The molecular formula is C7H16O4. The first-order chi connectivity index (χ1) is 5.07. The smallest absolute Gasteiger partial charge is 0.154 e. The first kappa shape index (κ1) is 10.8. The van der Waals surface area contributed by atoms with Gasteiger partial charge in [0.15, 0.2) is 6.29 Å². The molecule has 4 N–H and O–H groups in total. The second-order valence-electron chi connectivity index (χ2n) is 2.79. The van der Waals surface area contributed by atoms with Crippen LogP contribution in [0.5, 0.6) is 0 Å². The second-order valence-corrected chi connectivity index (χ2v) is 2.79. The molecule has 0 aliphatic carbocycles. The summed E-state index contributed by atoms with van der Waals surface area (Å²) in [4.78, 5) is 0. The van der Waals surface area contributed by atoms with Crippen molar-refractivity contribution in [2.75, 3.05) is 6.61 Å². The predicted octanol–water partition coefficient (Wildman–Crippen LogP) is -0.933. The summed E-state index contributed by atoms with van der Waals surface area (Å²) in [6.45, 7) is 1.56. The number of hydrogen-bond donors (Lipinski definition) is 4. The number of rotatable bonds is 5. The number of aliphatic hydroxyl groups is 4. The first-order valence-corrected chi connectivity index (χ1v) is 3.73. The molecule has 0 aliphatic rings. The van der Waals surface area contributed by atoms with E-state index in [1.807, 2.05) is 0 Å². The molecule has 0 aromatic rings. The van der Waals surface area contributed by atoms with E-state index in [1.54, 1.807) is 6.92 Å². The third-order valence-electron chi connectivity index (χ3n) is 1.62. The molecule has 0 aliphatic heterocycles. The van der Waals surface area contributed by atoms with E-state index in [9.17, 15) is 0 Å². The molecule has 0 bridgehead atoms. The average molecular weight is 164 g/mol. The summed E-state index contributed by atoms with van der Waals surface area (Å²) < 4.78 is 0. The van der Waals surface area contributed by atoms with Crippen LogP contribution >= 0.6 is 0 Å². The van der Waals surface area contributed by atoms with Gasteiger partial charge in [0.1, 0.15) is 0 Å². The Morgan fingerprint density at radius 3 is 2.09 bits per heavy atom. The van der Waals surface area contributed by atoms with Crippen LogP contribution in [-0.4, -0.2) is 39.4 Å². The maximum absolute atomic E-state index is 9.09. The summed E-state index contributed by atoms with van der Waals surface area (Å²) in [5, 5.41) is 34.7. The Hall–Kier alpha value is -0.160. The van der Waals surface area contributed by atoms with E-state index < -0.39 is 12.4 Å². The lowest BCUT2D eigenvalue weighted by Gasteiger charge is -2.16. The molecule has 0 rings (SSSR count). The van der Waals surface area contributed by atoms with Crippen molar-refractivity contribution in [2.24, 2.45) is 5.92 Å². The van der Waals surface area contributed by atoms with E-state index in [4.69, 9.17) is 20.4 Å². The van der Waals surface area contributed by atoms with Gasteiger partial charge in [0.25, 0.3) is 0 Å². The zero-order valence-corrected chi connectivity index (χ0v) is 6.64. The van der Waals surface area contributed by atoms with Crippen molar-refractivity contribution < 1.29 is 20.4 Å². The van der Waals surface area contributed by atoms with E-state index in [0.29, 0.717) is 6.42 Å². The fourth-order valence-electron chi connectivity index (χ4n) is 0.818. The Balaban J connectivity index is 3.48. The van der Waals surface area contributed by atoms with Crippen molar-refractivity contribution in [1.82, 2.24) is 0 Å². The number of hydrogen-bond acceptors (Lipinski definition) is 4. The minimum Gasteiger partial charge on any atom is -0.396 e. The molecule has 68 valence electrons. The van der Waals surface area contributed by atoms with Gasteiger partial charge in [-0.3, -0.25) is 0 Å². The Bertz CT molecular complexity index is 94.4. The van der Waals surface area contributed by atoms with Crippen molar-refractivity contribution in [1.29, 1.82) is 0 Å². The molecule has 0 amide bonds. The van der Waals surface area contributed by atoms with Gasteiger partial charge in [-0.15, -0.1) is 0 Å². The largest absolute Gasteiger partial charge is 0.396 e. The van der Waals surface area contributed by atoms with Gasteiger partial charge in [0.05, 0.1) is 6.10 Å². The molecule has 0 radical (unpaired) electrons. The Labute approximate surface area is 66.1 Å². The van der Waals surface area contributed by atoms with Gasteiger partial charge in [-0.25, -0.2) is 0 Å². The van der Waals surface area contributed by atoms with Crippen LogP contribution in [0, 0.1) is 5.92 Å². The highest BCUT2D eigenvalue weighted by molar-refractivity contribution is 4.61. The van der Waals surface area contributed by atoms with Gasteiger partial charge in [0, 0.05) is 12.5 Å². The van der Waals surface area contributed by atoms with Gasteiger partial charge >= 0.3 is 0 Å². The highest BCUT2D eigenvalue weighted by Gasteiger charge is 2.14. The lowest BCUT2D eigenvalue weighted by Crippen LogP contribution is -2.22. The highest BCUT2D eigenvalue weighted by Crippen LogP contribution is 2.10. The van der Waals surface area contributed by atoms with Crippen LogP contribution in [0.3, 0.4) is 0 Å². The molecule has 4 nitrogen and oxygen atoms in total. The van der Waals surface area contributed by atoms with Gasteiger partial charge < -0.3 is 20.4 Å². The standard InChI is InChI=1S/C7H16O4/c1-5(7(10)11)4-6(9)2-3-8/h5-11H,2-4H2,1H3. The quantitative estimate of drug-likeness (QED) is 0.396. The second kappa shape index (κ2) is 5.49. The van der Waals surface area contributed by atoms with Crippen molar-refractivity contribution in [3.05, 3.63) is 0 Å². The molecule has 0 aromatic carbocycles. The monoisotopic (exact) mass is 164 g/mol. The molecule has 0 fully saturated rings. The van der Waals surface area contributed by atoms with Crippen LogP contribution in [0.2, 0.25) is 0 Å². The van der Waals surface area contributed by atoms with Crippen molar-refractivity contribution in [2.45, 2.75) is 32.2 Å². The maximum atomic E-state index is 9.09. The van der Waals surface area contributed by atoms with Gasteiger partial charge in [-0.2, -0.15) is 0 Å². The van der Waals surface area contributed by atoms with E-state index in [1.165, 1.54) is 0 Å². The minimum absolute atomic E-state index is 0.0740. The molecule has 2 unspecified atom stereocenters. The zero-order chi connectivity index (χ0) is 8.85. The predicted molar refractivity (Wildman–Crippen MR) is 39.7 cm³/mol. The fourth-order valence-corrected chi connectivity index (χ4v) is 0.818. The van der Waals surface area contributed by atoms with E-state index >= 15 is 0 Å². The molecule has 4 heteroatoms. The van der Waals surface area contributed by atoms with Gasteiger partial charge in [-0.05, 0) is 12.8 Å². The lowest BCUT2D eigenvalue weighted by molar-refractivity contribution is -0.0896. The van der Waals surface area contributed by atoms with E-state index in [2.05, 4.69) is 0 Å². The van der Waals surface area contributed by atoms with Crippen LogP contribution in [0.4, 0.5) is 0 Å². The highest BCUT2D eigenvalue weighted by atomic mass is 16.5. The summed E-state index contributed by atoms with van der Waals surface area (Å²) in [5.41, 5.74) is 0. The maximum Gasteiger partial charge on any atom is 0.154 e. The van der Waals surface area contributed by atoms with Crippen molar-refractivity contribution in [3.63, 3.8) is 0 Å². The fraction of sp³-hybridized carbons (Fsp3) is 1.00.